The SMILES string of the molecule is O=C(CCCCC1CCC2C1C(=O)C2(Cl)Cl)OC(=O)CCCCC1CCC2C1C(=O)C2(Cl)Cl. The lowest BCUT2D eigenvalue weighted by molar-refractivity contribution is -0.160. The Bertz CT molecular complexity index is 760. The minimum atomic E-state index is -1.20. The van der Waals surface area contributed by atoms with Crippen molar-refractivity contribution in [3.63, 3.8) is 0 Å². The highest BCUT2D eigenvalue weighted by atomic mass is 35.5. The third-order valence-corrected chi connectivity index (χ3v) is 10.3. The Kier molecular flexibility index (Phi) is 7.76. The van der Waals surface area contributed by atoms with E-state index in [2.05, 4.69) is 0 Å². The van der Waals surface area contributed by atoms with Crippen molar-refractivity contribution in [3.8, 4) is 0 Å². The van der Waals surface area contributed by atoms with Crippen LogP contribution < -0.4 is 0 Å². The van der Waals surface area contributed by atoms with Crippen molar-refractivity contribution in [3.05, 3.63) is 0 Å². The summed E-state index contributed by atoms with van der Waals surface area (Å²) in [7, 11) is 0. The molecule has 4 fully saturated rings. The molecule has 6 atom stereocenters. The first-order valence-electron chi connectivity index (χ1n) is 12.1. The van der Waals surface area contributed by atoms with Crippen LogP contribution in [0.5, 0.6) is 0 Å². The lowest BCUT2D eigenvalue weighted by Gasteiger charge is -2.43. The van der Waals surface area contributed by atoms with E-state index in [1.54, 1.807) is 0 Å². The van der Waals surface area contributed by atoms with Gasteiger partial charge >= 0.3 is 11.9 Å². The average molecular weight is 540 g/mol. The van der Waals surface area contributed by atoms with E-state index in [1.165, 1.54) is 0 Å². The molecule has 0 amide bonds. The predicted molar refractivity (Wildman–Crippen MR) is 126 cm³/mol. The Morgan fingerprint density at radius 2 is 1.09 bits per heavy atom. The van der Waals surface area contributed by atoms with E-state index in [4.69, 9.17) is 51.1 Å². The Balaban J connectivity index is 1.04. The quantitative estimate of drug-likeness (QED) is 0.148. The standard InChI is InChI=1S/C24H30Cl4O5/c25-23(26)15-11-9-13(19(15)21(23)31)5-1-3-7-17(29)33-18(30)8-4-2-6-14-10-12-16-20(14)22(32)24(16,27)28/h13-16,19-20H,1-12H2. The van der Waals surface area contributed by atoms with Gasteiger partial charge in [-0.15, -0.1) is 0 Å². The zero-order valence-electron chi connectivity index (χ0n) is 18.5. The van der Waals surface area contributed by atoms with Gasteiger partial charge in [0.05, 0.1) is 0 Å². The molecule has 0 aromatic carbocycles. The summed E-state index contributed by atoms with van der Waals surface area (Å²) in [6.45, 7) is 0. The molecule has 0 bridgehead atoms. The highest BCUT2D eigenvalue weighted by molar-refractivity contribution is 6.61. The third kappa shape index (κ3) is 4.86. The molecule has 0 aromatic rings. The second-order valence-corrected chi connectivity index (χ2v) is 13.0. The van der Waals surface area contributed by atoms with Gasteiger partial charge in [-0.1, -0.05) is 59.2 Å². The highest BCUT2D eigenvalue weighted by Gasteiger charge is 2.65. The van der Waals surface area contributed by atoms with Gasteiger partial charge in [0.2, 0.25) is 0 Å². The maximum atomic E-state index is 12.1. The Labute approximate surface area is 214 Å². The fourth-order valence-corrected chi connectivity index (χ4v) is 8.10. The van der Waals surface area contributed by atoms with Crippen molar-refractivity contribution in [2.45, 2.75) is 85.7 Å². The molecule has 0 aliphatic heterocycles. The van der Waals surface area contributed by atoms with Crippen LogP contribution in [0.3, 0.4) is 0 Å². The molecule has 9 heteroatoms. The fraction of sp³-hybridized carbons (Fsp3) is 0.833. The van der Waals surface area contributed by atoms with Gasteiger partial charge in [0.15, 0.2) is 20.2 Å². The van der Waals surface area contributed by atoms with Crippen LogP contribution in [0.1, 0.15) is 77.0 Å². The van der Waals surface area contributed by atoms with E-state index in [9.17, 15) is 19.2 Å². The molecule has 4 aliphatic carbocycles. The van der Waals surface area contributed by atoms with Gasteiger partial charge < -0.3 is 4.74 Å². The molecule has 4 aliphatic rings. The van der Waals surface area contributed by atoms with Crippen LogP contribution in [0.4, 0.5) is 0 Å². The van der Waals surface area contributed by atoms with Crippen molar-refractivity contribution in [2.24, 2.45) is 35.5 Å². The molecule has 0 saturated heterocycles. The number of ketones is 2. The molecule has 5 nitrogen and oxygen atoms in total. The van der Waals surface area contributed by atoms with Crippen molar-refractivity contribution in [1.82, 2.24) is 0 Å². The summed E-state index contributed by atoms with van der Waals surface area (Å²) >= 11 is 24.3. The Morgan fingerprint density at radius 3 is 1.48 bits per heavy atom. The molecule has 0 spiro atoms. The molecular formula is C24H30Cl4O5. The lowest BCUT2D eigenvalue weighted by atomic mass is 9.69. The zero-order valence-corrected chi connectivity index (χ0v) is 21.5. The van der Waals surface area contributed by atoms with Crippen molar-refractivity contribution >= 4 is 69.9 Å². The van der Waals surface area contributed by atoms with Crippen molar-refractivity contribution in [2.75, 3.05) is 0 Å². The number of fused-ring (bicyclic) bond motifs is 2. The number of alkyl halides is 4. The van der Waals surface area contributed by atoms with Crippen LogP contribution in [-0.2, 0) is 23.9 Å². The number of hydrogen-bond donors (Lipinski definition) is 0. The molecule has 0 aromatic heterocycles. The number of esters is 2. The number of Topliss-reactive ketones (excluding diaryl/α,β-unsaturated/α-hetero) is 2. The molecule has 0 heterocycles. The predicted octanol–water partition coefficient (Wildman–Crippen LogP) is 5.98. The normalized spacial score (nSPS) is 35.4. The molecule has 6 unspecified atom stereocenters. The number of halogens is 4. The van der Waals surface area contributed by atoms with Gasteiger partial charge in [0, 0.05) is 36.5 Å². The number of carbonyl (C=O) groups is 4. The zero-order chi connectivity index (χ0) is 24.0. The maximum Gasteiger partial charge on any atom is 0.313 e. The number of rotatable bonds is 10. The fourth-order valence-electron chi connectivity index (χ4n) is 6.62. The third-order valence-electron chi connectivity index (χ3n) is 8.41. The summed E-state index contributed by atoms with van der Waals surface area (Å²) in [5, 5.41) is 0. The molecule has 4 rings (SSSR count). The van der Waals surface area contributed by atoms with Crippen molar-refractivity contribution in [1.29, 1.82) is 0 Å². The highest BCUT2D eigenvalue weighted by Crippen LogP contribution is 2.60. The number of carbonyl (C=O) groups excluding carboxylic acids is 4. The molecule has 0 radical (unpaired) electrons. The van der Waals surface area contributed by atoms with E-state index in [1.807, 2.05) is 0 Å². The van der Waals surface area contributed by atoms with Crippen molar-refractivity contribution < 1.29 is 23.9 Å². The molecule has 184 valence electrons. The largest absolute Gasteiger partial charge is 0.393 e. The number of unbranched alkanes of at least 4 members (excludes halogenated alkanes) is 2. The first kappa shape index (κ1) is 25.7. The van der Waals surface area contributed by atoms with E-state index >= 15 is 0 Å². The van der Waals surface area contributed by atoms with Crippen LogP contribution in [0.15, 0.2) is 0 Å². The minimum absolute atomic E-state index is 0.0292. The summed E-state index contributed by atoms with van der Waals surface area (Å²) in [4.78, 5) is 48.1. The molecule has 4 saturated carbocycles. The summed E-state index contributed by atoms with van der Waals surface area (Å²) in [6, 6.07) is 0. The monoisotopic (exact) mass is 538 g/mol. The van der Waals surface area contributed by atoms with Gasteiger partial charge in [0.1, 0.15) is 0 Å². The minimum Gasteiger partial charge on any atom is -0.393 e. The maximum absolute atomic E-state index is 12.1. The summed E-state index contributed by atoms with van der Waals surface area (Å²) in [5.74, 6) is -0.436. The topological polar surface area (TPSA) is 77.5 Å². The van der Waals surface area contributed by atoms with E-state index in [0.717, 1.165) is 51.4 Å². The van der Waals surface area contributed by atoms with E-state index in [0.29, 0.717) is 24.7 Å². The first-order chi connectivity index (χ1) is 15.5. The van der Waals surface area contributed by atoms with Crippen LogP contribution >= 0.6 is 46.4 Å². The summed E-state index contributed by atoms with van der Waals surface area (Å²) < 4.78 is 2.53. The van der Waals surface area contributed by atoms with Crippen LogP contribution in [0, 0.1) is 35.5 Å². The molecule has 33 heavy (non-hydrogen) atoms. The average Bonchev–Trinajstić information content (AvgIpc) is 3.36. The summed E-state index contributed by atoms with van der Waals surface area (Å²) in [6.07, 6.45) is 8.61. The second-order valence-electron chi connectivity index (χ2n) is 10.3. The van der Waals surface area contributed by atoms with E-state index < -0.39 is 20.6 Å². The number of hydrogen-bond acceptors (Lipinski definition) is 5. The Morgan fingerprint density at radius 1 is 0.697 bits per heavy atom. The van der Waals surface area contributed by atoms with Crippen LogP contribution in [0.25, 0.3) is 0 Å². The van der Waals surface area contributed by atoms with Gasteiger partial charge in [-0.25, -0.2) is 0 Å². The lowest BCUT2D eigenvalue weighted by Crippen LogP contribution is -2.55. The second kappa shape index (κ2) is 9.95. The van der Waals surface area contributed by atoms with Gasteiger partial charge in [0.25, 0.3) is 0 Å². The first-order valence-corrected chi connectivity index (χ1v) is 13.6. The summed E-state index contributed by atoms with van der Waals surface area (Å²) in [5.41, 5.74) is 0. The Hall–Kier alpha value is -0.360. The number of ether oxygens (including phenoxy) is 1. The van der Waals surface area contributed by atoms with Crippen LogP contribution in [0.2, 0.25) is 0 Å². The van der Waals surface area contributed by atoms with Gasteiger partial charge in [-0.2, -0.15) is 0 Å². The smallest absolute Gasteiger partial charge is 0.313 e. The molecule has 0 N–H and O–H groups in total. The van der Waals surface area contributed by atoms with Crippen LogP contribution in [-0.4, -0.2) is 32.2 Å². The van der Waals surface area contributed by atoms with E-state index in [-0.39, 0.29) is 48.1 Å². The van der Waals surface area contributed by atoms with Gasteiger partial charge in [-0.3, -0.25) is 19.2 Å². The molecular weight excluding hydrogens is 510 g/mol. The van der Waals surface area contributed by atoms with Gasteiger partial charge in [-0.05, 0) is 63.2 Å².